The second-order valence-electron chi connectivity index (χ2n) is 6.99. The van der Waals surface area contributed by atoms with E-state index in [1.165, 1.54) is 0 Å². The van der Waals surface area contributed by atoms with E-state index in [1.54, 1.807) is 6.92 Å². The maximum absolute atomic E-state index is 12.7. The standard InChI is InChI=1S/C20H22O4/c1-4-23-17(22)10-15-18(13-8-6-5-7-9-13)19-14(21)11-20(2,3)12-16(19)24-15/h5-9H,4,10-12H2,1-3H3. The molecule has 0 bridgehead atoms. The fourth-order valence-electron chi connectivity index (χ4n) is 3.35. The number of ketones is 1. The molecule has 1 aliphatic carbocycles. The fraction of sp³-hybridized carbons (Fsp3) is 0.400. The maximum Gasteiger partial charge on any atom is 0.313 e. The predicted octanol–water partition coefficient (Wildman–Crippen LogP) is 4.21. The lowest BCUT2D eigenvalue weighted by molar-refractivity contribution is -0.142. The van der Waals surface area contributed by atoms with Crippen LogP contribution in [0.4, 0.5) is 0 Å². The molecule has 0 spiro atoms. The van der Waals surface area contributed by atoms with E-state index in [0.29, 0.717) is 36.5 Å². The summed E-state index contributed by atoms with van der Waals surface area (Å²) in [6, 6.07) is 9.63. The van der Waals surface area contributed by atoms with Gasteiger partial charge in [-0.05, 0) is 17.9 Å². The Morgan fingerprint density at radius 1 is 1.17 bits per heavy atom. The Labute approximate surface area is 141 Å². The summed E-state index contributed by atoms with van der Waals surface area (Å²) in [5, 5.41) is 0. The molecule has 0 aliphatic heterocycles. The molecule has 126 valence electrons. The van der Waals surface area contributed by atoms with E-state index in [9.17, 15) is 9.59 Å². The number of fused-ring (bicyclic) bond motifs is 1. The Bertz CT molecular complexity index is 768. The van der Waals surface area contributed by atoms with Gasteiger partial charge in [-0.2, -0.15) is 0 Å². The molecule has 1 aromatic heterocycles. The molecule has 0 saturated carbocycles. The molecule has 24 heavy (non-hydrogen) atoms. The van der Waals surface area contributed by atoms with E-state index in [1.807, 2.05) is 30.3 Å². The summed E-state index contributed by atoms with van der Waals surface area (Å²) in [5.74, 6) is 0.955. The Kier molecular flexibility index (Phi) is 4.31. The number of hydrogen-bond donors (Lipinski definition) is 0. The van der Waals surface area contributed by atoms with Gasteiger partial charge in [0.25, 0.3) is 0 Å². The normalized spacial score (nSPS) is 15.9. The van der Waals surface area contributed by atoms with Crippen molar-refractivity contribution in [2.45, 2.75) is 40.0 Å². The van der Waals surface area contributed by atoms with Crippen LogP contribution < -0.4 is 0 Å². The van der Waals surface area contributed by atoms with Gasteiger partial charge in [0, 0.05) is 18.4 Å². The fourth-order valence-corrected chi connectivity index (χ4v) is 3.35. The van der Waals surface area contributed by atoms with Crippen LogP contribution in [-0.4, -0.2) is 18.4 Å². The van der Waals surface area contributed by atoms with Crippen LogP contribution in [-0.2, 0) is 22.4 Å². The van der Waals surface area contributed by atoms with Crippen molar-refractivity contribution in [3.05, 3.63) is 47.4 Å². The highest BCUT2D eigenvalue weighted by Gasteiger charge is 2.37. The van der Waals surface area contributed by atoms with Gasteiger partial charge in [0.1, 0.15) is 17.9 Å². The molecule has 0 amide bonds. The zero-order chi connectivity index (χ0) is 17.3. The van der Waals surface area contributed by atoms with Gasteiger partial charge in [0.05, 0.1) is 12.2 Å². The number of carbonyl (C=O) groups is 2. The molecule has 0 radical (unpaired) electrons. The topological polar surface area (TPSA) is 56.5 Å². The number of Topliss-reactive ketones (excluding diaryl/α,β-unsaturated/α-hetero) is 1. The zero-order valence-corrected chi connectivity index (χ0v) is 14.3. The van der Waals surface area contributed by atoms with Crippen LogP contribution in [0.15, 0.2) is 34.7 Å². The van der Waals surface area contributed by atoms with Crippen LogP contribution in [0, 0.1) is 5.41 Å². The molecule has 4 nitrogen and oxygen atoms in total. The monoisotopic (exact) mass is 326 g/mol. The molecular formula is C20H22O4. The Hall–Kier alpha value is -2.36. The Balaban J connectivity index is 2.12. The largest absolute Gasteiger partial charge is 0.466 e. The first-order chi connectivity index (χ1) is 11.4. The van der Waals surface area contributed by atoms with E-state index >= 15 is 0 Å². The predicted molar refractivity (Wildman–Crippen MR) is 90.9 cm³/mol. The first kappa shape index (κ1) is 16.5. The van der Waals surface area contributed by atoms with E-state index in [0.717, 1.165) is 11.1 Å². The molecule has 0 fully saturated rings. The third-order valence-electron chi connectivity index (χ3n) is 4.28. The van der Waals surface area contributed by atoms with Gasteiger partial charge in [-0.25, -0.2) is 0 Å². The van der Waals surface area contributed by atoms with E-state index in [2.05, 4.69) is 13.8 Å². The van der Waals surface area contributed by atoms with Crippen LogP contribution in [0.2, 0.25) is 0 Å². The van der Waals surface area contributed by atoms with Gasteiger partial charge >= 0.3 is 5.97 Å². The van der Waals surface area contributed by atoms with E-state index < -0.39 is 0 Å². The summed E-state index contributed by atoms with van der Waals surface area (Å²) in [6.07, 6.45) is 1.22. The van der Waals surface area contributed by atoms with Crippen molar-refractivity contribution in [2.75, 3.05) is 6.61 Å². The van der Waals surface area contributed by atoms with Gasteiger partial charge in [-0.15, -0.1) is 0 Å². The number of benzene rings is 1. The van der Waals surface area contributed by atoms with Gasteiger partial charge in [-0.1, -0.05) is 44.2 Å². The van der Waals surface area contributed by atoms with Crippen molar-refractivity contribution in [1.82, 2.24) is 0 Å². The number of rotatable bonds is 4. The highest BCUT2D eigenvalue weighted by atomic mass is 16.5. The number of ether oxygens (including phenoxy) is 1. The highest BCUT2D eigenvalue weighted by molar-refractivity contribution is 6.05. The molecule has 3 rings (SSSR count). The van der Waals surface area contributed by atoms with Crippen LogP contribution in [0.3, 0.4) is 0 Å². The maximum atomic E-state index is 12.7. The molecule has 4 heteroatoms. The molecule has 1 aliphatic rings. The number of furan rings is 1. The molecular weight excluding hydrogens is 304 g/mol. The summed E-state index contributed by atoms with van der Waals surface area (Å²) >= 11 is 0. The van der Waals surface area contributed by atoms with Crippen molar-refractivity contribution in [3.63, 3.8) is 0 Å². The van der Waals surface area contributed by atoms with Crippen molar-refractivity contribution < 1.29 is 18.7 Å². The van der Waals surface area contributed by atoms with E-state index in [-0.39, 0.29) is 23.6 Å². The summed E-state index contributed by atoms with van der Waals surface area (Å²) in [5.41, 5.74) is 2.16. The van der Waals surface area contributed by atoms with Crippen LogP contribution in [0.1, 0.15) is 49.1 Å². The van der Waals surface area contributed by atoms with Gasteiger partial charge in [0.2, 0.25) is 0 Å². The number of hydrogen-bond acceptors (Lipinski definition) is 4. The average molecular weight is 326 g/mol. The lowest BCUT2D eigenvalue weighted by Crippen LogP contribution is -2.26. The number of carbonyl (C=O) groups excluding carboxylic acids is 2. The molecule has 0 N–H and O–H groups in total. The molecule has 0 unspecified atom stereocenters. The number of esters is 1. The van der Waals surface area contributed by atoms with E-state index in [4.69, 9.17) is 9.15 Å². The second-order valence-corrected chi connectivity index (χ2v) is 6.99. The van der Waals surface area contributed by atoms with Crippen molar-refractivity contribution in [1.29, 1.82) is 0 Å². The minimum absolute atomic E-state index is 0.0405. The zero-order valence-electron chi connectivity index (χ0n) is 14.3. The minimum Gasteiger partial charge on any atom is -0.466 e. The highest BCUT2D eigenvalue weighted by Crippen LogP contribution is 2.42. The quantitative estimate of drug-likeness (QED) is 0.790. The van der Waals surface area contributed by atoms with Crippen molar-refractivity contribution in [3.8, 4) is 11.1 Å². The minimum atomic E-state index is -0.340. The van der Waals surface area contributed by atoms with Gasteiger partial charge in [-0.3, -0.25) is 9.59 Å². The summed E-state index contributed by atoms with van der Waals surface area (Å²) in [6.45, 7) is 6.22. The van der Waals surface area contributed by atoms with Gasteiger partial charge < -0.3 is 9.15 Å². The van der Waals surface area contributed by atoms with Crippen LogP contribution >= 0.6 is 0 Å². The SMILES string of the molecule is CCOC(=O)Cc1oc2c(c1-c1ccccc1)C(=O)CC(C)(C)C2. The average Bonchev–Trinajstić information content (AvgIpc) is 2.84. The lowest BCUT2D eigenvalue weighted by Gasteiger charge is -2.27. The summed E-state index contributed by atoms with van der Waals surface area (Å²) < 4.78 is 11.0. The van der Waals surface area contributed by atoms with Crippen molar-refractivity contribution in [2.24, 2.45) is 5.41 Å². The second kappa shape index (κ2) is 6.27. The third-order valence-corrected chi connectivity index (χ3v) is 4.28. The first-order valence-corrected chi connectivity index (χ1v) is 8.30. The molecule has 0 saturated heterocycles. The molecule has 2 aromatic rings. The van der Waals surface area contributed by atoms with Crippen LogP contribution in [0.25, 0.3) is 11.1 Å². The third kappa shape index (κ3) is 3.14. The molecule has 0 atom stereocenters. The smallest absolute Gasteiger partial charge is 0.313 e. The van der Waals surface area contributed by atoms with Crippen LogP contribution in [0.5, 0.6) is 0 Å². The van der Waals surface area contributed by atoms with Crippen molar-refractivity contribution >= 4 is 11.8 Å². The molecule has 1 aromatic carbocycles. The Morgan fingerprint density at radius 2 is 1.88 bits per heavy atom. The molecule has 1 heterocycles. The first-order valence-electron chi connectivity index (χ1n) is 8.30. The Morgan fingerprint density at radius 3 is 2.54 bits per heavy atom. The summed E-state index contributed by atoms with van der Waals surface area (Å²) in [7, 11) is 0. The lowest BCUT2D eigenvalue weighted by atomic mass is 9.75. The summed E-state index contributed by atoms with van der Waals surface area (Å²) in [4.78, 5) is 24.7. The van der Waals surface area contributed by atoms with Gasteiger partial charge in [0.15, 0.2) is 5.78 Å².